The highest BCUT2D eigenvalue weighted by atomic mass is 16.5. The van der Waals surface area contributed by atoms with E-state index in [1.54, 1.807) is 19.2 Å². The van der Waals surface area contributed by atoms with Crippen molar-refractivity contribution in [3.05, 3.63) is 64.7 Å². The van der Waals surface area contributed by atoms with Gasteiger partial charge in [0, 0.05) is 30.1 Å². The second kappa shape index (κ2) is 9.06. The monoisotopic (exact) mass is 462 g/mol. The van der Waals surface area contributed by atoms with Crippen molar-refractivity contribution in [2.75, 3.05) is 26.7 Å². The average molecular weight is 463 g/mol. The maximum absolute atomic E-state index is 12.8. The molecule has 1 heterocycles. The molecule has 1 aliphatic heterocycles. The molecule has 5 rings (SSSR count). The number of benzene rings is 2. The van der Waals surface area contributed by atoms with Gasteiger partial charge in [0.25, 0.3) is 5.91 Å². The molecule has 0 aromatic heterocycles. The van der Waals surface area contributed by atoms with Crippen LogP contribution in [-0.4, -0.2) is 54.7 Å². The van der Waals surface area contributed by atoms with Gasteiger partial charge in [0.1, 0.15) is 5.75 Å². The highest BCUT2D eigenvalue weighted by molar-refractivity contribution is 5.97. The van der Waals surface area contributed by atoms with E-state index in [1.165, 1.54) is 42.6 Å². The fourth-order valence-corrected chi connectivity index (χ4v) is 6.30. The summed E-state index contributed by atoms with van der Waals surface area (Å²) in [6.07, 6.45) is 5.73. The second-order valence-electron chi connectivity index (χ2n) is 10.3. The number of nitrogens with one attached hydrogen (secondary N) is 1. The molecule has 2 fully saturated rings. The first-order valence-electron chi connectivity index (χ1n) is 12.4. The van der Waals surface area contributed by atoms with Crippen LogP contribution in [0.15, 0.2) is 42.5 Å². The fraction of sp³-hybridized carbons (Fsp3) is 0.500. The normalized spacial score (nSPS) is 25.9. The van der Waals surface area contributed by atoms with Gasteiger partial charge in [0.05, 0.1) is 12.7 Å². The van der Waals surface area contributed by atoms with E-state index in [0.717, 1.165) is 37.5 Å². The number of fused-ring (bicyclic) bond motifs is 4. The molecule has 3 aliphatic rings. The molecule has 180 valence electrons. The number of carbonyl (C=O) groups is 2. The molecular formula is C28H34N2O4. The number of carbonyl (C=O) groups excluding carboxylic acids is 1. The van der Waals surface area contributed by atoms with Gasteiger partial charge < -0.3 is 15.2 Å². The van der Waals surface area contributed by atoms with E-state index >= 15 is 0 Å². The van der Waals surface area contributed by atoms with Crippen molar-refractivity contribution < 1.29 is 19.4 Å². The van der Waals surface area contributed by atoms with E-state index in [2.05, 4.69) is 35.3 Å². The second-order valence-corrected chi connectivity index (χ2v) is 10.3. The third kappa shape index (κ3) is 4.20. The lowest BCUT2D eigenvalue weighted by molar-refractivity contribution is 0.0159. The molecule has 2 aliphatic carbocycles. The number of likely N-dealkylation sites (tertiary alicyclic amines) is 1. The summed E-state index contributed by atoms with van der Waals surface area (Å²) in [6.45, 7) is 5.25. The molecule has 1 unspecified atom stereocenters. The number of rotatable bonds is 8. The summed E-state index contributed by atoms with van der Waals surface area (Å²) < 4.78 is 5.58. The van der Waals surface area contributed by atoms with Gasteiger partial charge in [0.2, 0.25) is 0 Å². The smallest absolute Gasteiger partial charge is 0.335 e. The van der Waals surface area contributed by atoms with E-state index in [0.29, 0.717) is 24.1 Å². The molecule has 1 saturated heterocycles. The Labute approximate surface area is 201 Å². The number of hydrogen-bond donors (Lipinski definition) is 2. The number of hydrogen-bond acceptors (Lipinski definition) is 4. The van der Waals surface area contributed by atoms with Gasteiger partial charge >= 0.3 is 5.97 Å². The molecule has 2 N–H and O–H groups in total. The number of aromatic carboxylic acids is 1. The number of nitrogens with zero attached hydrogens (tertiary/aromatic N) is 1. The molecule has 2 aromatic carbocycles. The first-order chi connectivity index (χ1) is 16.4. The lowest BCUT2D eigenvalue weighted by Crippen LogP contribution is -2.60. The summed E-state index contributed by atoms with van der Waals surface area (Å²) in [6, 6.07) is 13.3. The Morgan fingerprint density at radius 1 is 1.18 bits per heavy atom. The fourth-order valence-electron chi connectivity index (χ4n) is 6.30. The Kier molecular flexibility index (Phi) is 6.11. The lowest BCUT2D eigenvalue weighted by Gasteiger charge is -2.56. The zero-order valence-corrected chi connectivity index (χ0v) is 20.0. The minimum Gasteiger partial charge on any atom is -0.497 e. The maximum atomic E-state index is 12.8. The number of carboxylic acid groups (broad SMARTS) is 1. The van der Waals surface area contributed by atoms with Crippen LogP contribution in [0.2, 0.25) is 0 Å². The molecule has 3 atom stereocenters. The van der Waals surface area contributed by atoms with Crippen molar-refractivity contribution in [3.8, 4) is 5.75 Å². The highest BCUT2D eigenvalue weighted by Gasteiger charge is 2.51. The highest BCUT2D eigenvalue weighted by Crippen LogP contribution is 2.52. The third-order valence-corrected chi connectivity index (χ3v) is 8.46. The quantitative estimate of drug-likeness (QED) is 0.617. The first kappa shape index (κ1) is 22.9. The molecule has 1 saturated carbocycles. The molecule has 0 radical (unpaired) electrons. The Hall–Kier alpha value is -2.86. The van der Waals surface area contributed by atoms with Crippen LogP contribution in [0.25, 0.3) is 0 Å². The molecule has 6 nitrogen and oxygen atoms in total. The Balaban J connectivity index is 1.37. The Morgan fingerprint density at radius 2 is 1.97 bits per heavy atom. The van der Waals surface area contributed by atoms with E-state index in [4.69, 9.17) is 4.74 Å². The molecule has 34 heavy (non-hydrogen) atoms. The van der Waals surface area contributed by atoms with Crippen LogP contribution in [0.3, 0.4) is 0 Å². The van der Waals surface area contributed by atoms with E-state index < -0.39 is 5.97 Å². The van der Waals surface area contributed by atoms with Gasteiger partial charge in [-0.25, -0.2) is 4.79 Å². The standard InChI is InChI=1S/C28H34N2O4/c1-18-25-15-20-8-9-23(34-2)16-24(20)28(18,11-13-30(25)17-19-6-7-19)10-12-29-26(31)21-4-3-5-22(14-21)27(32)33/h3-5,8-9,14,16,18-19,25H,6-7,10-13,15,17H2,1-2H3,(H,29,31)(H,32,33)/t18-,25+,28?/m0/s1. The van der Waals surface area contributed by atoms with Crippen molar-refractivity contribution in [1.82, 2.24) is 10.2 Å². The van der Waals surface area contributed by atoms with Crippen molar-refractivity contribution in [2.24, 2.45) is 11.8 Å². The predicted octanol–water partition coefficient (Wildman–Crippen LogP) is 4.13. The van der Waals surface area contributed by atoms with Gasteiger partial charge in [-0.15, -0.1) is 0 Å². The van der Waals surface area contributed by atoms with Gasteiger partial charge in [-0.1, -0.05) is 19.1 Å². The summed E-state index contributed by atoms with van der Waals surface area (Å²) >= 11 is 0. The zero-order valence-electron chi connectivity index (χ0n) is 20.0. The van der Waals surface area contributed by atoms with Crippen LogP contribution in [-0.2, 0) is 11.8 Å². The van der Waals surface area contributed by atoms with E-state index in [-0.39, 0.29) is 16.9 Å². The van der Waals surface area contributed by atoms with Crippen LogP contribution >= 0.6 is 0 Å². The van der Waals surface area contributed by atoms with Crippen LogP contribution in [0.1, 0.15) is 64.4 Å². The average Bonchev–Trinajstić information content (AvgIpc) is 3.66. The van der Waals surface area contributed by atoms with Crippen molar-refractivity contribution in [2.45, 2.75) is 50.5 Å². The summed E-state index contributed by atoms with van der Waals surface area (Å²) in [7, 11) is 1.72. The largest absolute Gasteiger partial charge is 0.497 e. The van der Waals surface area contributed by atoms with Crippen molar-refractivity contribution in [3.63, 3.8) is 0 Å². The number of carboxylic acids is 1. The van der Waals surface area contributed by atoms with Crippen LogP contribution in [0, 0.1) is 11.8 Å². The predicted molar refractivity (Wildman–Crippen MR) is 131 cm³/mol. The molecule has 2 bridgehead atoms. The number of ether oxygens (including phenoxy) is 1. The van der Waals surface area contributed by atoms with Gasteiger partial charge in [-0.3, -0.25) is 9.69 Å². The summed E-state index contributed by atoms with van der Waals surface area (Å²) in [4.78, 5) is 26.8. The first-order valence-corrected chi connectivity index (χ1v) is 12.4. The van der Waals surface area contributed by atoms with E-state index in [9.17, 15) is 14.7 Å². The molecule has 2 aromatic rings. The van der Waals surface area contributed by atoms with Gasteiger partial charge in [0.15, 0.2) is 0 Å². The minimum atomic E-state index is -1.03. The SMILES string of the molecule is COc1ccc2c(c1)C1(CCNC(=O)c3cccc(C(=O)O)c3)CCN(CC3CC3)[C@H](C2)[C@@H]1C. The summed E-state index contributed by atoms with van der Waals surface area (Å²) in [5.41, 5.74) is 3.28. The molecule has 0 spiro atoms. The van der Waals surface area contributed by atoms with E-state index in [1.807, 2.05) is 0 Å². The summed E-state index contributed by atoms with van der Waals surface area (Å²) in [5.74, 6) is 0.985. The number of piperidine rings is 1. The third-order valence-electron chi connectivity index (χ3n) is 8.46. The summed E-state index contributed by atoms with van der Waals surface area (Å²) in [5, 5.41) is 12.3. The maximum Gasteiger partial charge on any atom is 0.335 e. The number of methoxy groups -OCH3 is 1. The molecular weight excluding hydrogens is 428 g/mol. The van der Waals surface area contributed by atoms with Crippen LogP contribution in [0.5, 0.6) is 5.75 Å². The Morgan fingerprint density at radius 3 is 2.71 bits per heavy atom. The topological polar surface area (TPSA) is 78.9 Å². The van der Waals surface area contributed by atoms with Crippen LogP contribution in [0.4, 0.5) is 0 Å². The molecule has 1 amide bonds. The minimum absolute atomic E-state index is 0.0109. The lowest BCUT2D eigenvalue weighted by atomic mass is 9.56. The van der Waals surface area contributed by atoms with Crippen LogP contribution < -0.4 is 10.1 Å². The van der Waals surface area contributed by atoms with Crippen molar-refractivity contribution >= 4 is 11.9 Å². The Bertz CT molecular complexity index is 1100. The van der Waals surface area contributed by atoms with Crippen molar-refractivity contribution in [1.29, 1.82) is 0 Å². The van der Waals surface area contributed by atoms with Gasteiger partial charge in [-0.2, -0.15) is 0 Å². The zero-order chi connectivity index (χ0) is 23.9. The number of amides is 1. The molecule has 6 heteroatoms. The van der Waals surface area contributed by atoms with Gasteiger partial charge in [-0.05, 0) is 91.9 Å².